The van der Waals surface area contributed by atoms with Gasteiger partial charge in [-0.25, -0.2) is 0 Å². The van der Waals surface area contributed by atoms with Crippen molar-refractivity contribution in [3.8, 4) is 0 Å². The van der Waals surface area contributed by atoms with Gasteiger partial charge in [0.25, 0.3) is 0 Å². The Balaban J connectivity index is 2.15. The number of nitrogens with zero attached hydrogens (tertiary/aromatic N) is 2. The first kappa shape index (κ1) is 15.1. The van der Waals surface area contributed by atoms with Gasteiger partial charge in [-0.3, -0.25) is 0 Å². The second-order valence-electron chi connectivity index (χ2n) is 5.60. The molecule has 1 aromatic carbocycles. The summed E-state index contributed by atoms with van der Waals surface area (Å²) in [6.07, 6.45) is 3.41. The zero-order valence-corrected chi connectivity index (χ0v) is 15.3. The van der Waals surface area contributed by atoms with Crippen LogP contribution >= 0.6 is 31.9 Å². The lowest BCUT2D eigenvalue weighted by molar-refractivity contribution is -0.358. The molecular weight excluding hydrogens is 429 g/mol. The summed E-state index contributed by atoms with van der Waals surface area (Å²) in [5, 5.41) is 0. The van der Waals surface area contributed by atoms with Crippen LogP contribution in [0.4, 0.5) is 8.63 Å². The third-order valence-electron chi connectivity index (χ3n) is 4.28. The fourth-order valence-electron chi connectivity index (χ4n) is 3.26. The van der Waals surface area contributed by atoms with E-state index < -0.39 is 6.97 Å². The summed E-state index contributed by atoms with van der Waals surface area (Å²) in [5.74, 6) is 0. The Kier molecular flexibility index (Phi) is 3.29. The number of benzene rings is 1. The zero-order valence-electron chi connectivity index (χ0n) is 12.1. The molecule has 0 atom stereocenters. The van der Waals surface area contributed by atoms with E-state index in [1.165, 1.54) is 0 Å². The summed E-state index contributed by atoms with van der Waals surface area (Å²) in [7, 11) is 0. The molecule has 0 amide bonds. The average Bonchev–Trinajstić information content (AvgIpc) is 3.06. The first-order chi connectivity index (χ1) is 10.9. The maximum absolute atomic E-state index is 15.1. The van der Waals surface area contributed by atoms with Crippen molar-refractivity contribution >= 4 is 49.0 Å². The highest BCUT2D eigenvalue weighted by Crippen LogP contribution is 2.42. The van der Waals surface area contributed by atoms with Crippen molar-refractivity contribution in [1.82, 2.24) is 4.48 Å². The van der Waals surface area contributed by atoms with Crippen LogP contribution in [0.3, 0.4) is 0 Å². The van der Waals surface area contributed by atoms with E-state index in [2.05, 4.69) is 31.9 Å². The van der Waals surface area contributed by atoms with Crippen LogP contribution in [0.5, 0.6) is 0 Å². The lowest BCUT2D eigenvalue weighted by Gasteiger charge is -2.32. The SMILES string of the molecule is Cc1ccccc1C1=C2C=CC(Br)=[N+]2[B-](F)(F)n2c(Br)ccc21. The fourth-order valence-corrected chi connectivity index (χ4v) is 4.40. The van der Waals surface area contributed by atoms with E-state index in [0.717, 1.165) is 25.7 Å². The van der Waals surface area contributed by atoms with Gasteiger partial charge in [-0.2, -0.15) is 0 Å². The smallest absolute Gasteiger partial charge is 0.389 e. The third-order valence-corrected chi connectivity index (χ3v) is 5.58. The molecule has 2 aromatic rings. The molecule has 116 valence electrons. The second-order valence-corrected chi connectivity index (χ2v) is 7.23. The number of allylic oxidation sites excluding steroid dienone is 2. The number of hydrogen-bond donors (Lipinski definition) is 0. The van der Waals surface area contributed by atoms with E-state index >= 15 is 8.63 Å². The van der Waals surface area contributed by atoms with E-state index in [9.17, 15) is 0 Å². The largest absolute Gasteiger partial charge is 0.738 e. The van der Waals surface area contributed by atoms with Gasteiger partial charge in [-0.1, -0.05) is 24.3 Å². The molecule has 7 heteroatoms. The molecular formula is C16H11BBr2F2N2. The van der Waals surface area contributed by atoms with Gasteiger partial charge in [-0.15, -0.1) is 0 Å². The van der Waals surface area contributed by atoms with E-state index in [4.69, 9.17) is 0 Å². The van der Waals surface area contributed by atoms with Crippen molar-refractivity contribution < 1.29 is 13.1 Å². The van der Waals surface area contributed by atoms with Gasteiger partial charge in [0.2, 0.25) is 4.62 Å². The molecule has 0 saturated carbocycles. The summed E-state index contributed by atoms with van der Waals surface area (Å²) >= 11 is 6.54. The molecule has 2 aliphatic rings. The minimum atomic E-state index is -3.96. The van der Waals surface area contributed by atoms with Crippen molar-refractivity contribution in [2.24, 2.45) is 0 Å². The lowest BCUT2D eigenvalue weighted by Crippen LogP contribution is -2.50. The monoisotopic (exact) mass is 438 g/mol. The van der Waals surface area contributed by atoms with Crippen molar-refractivity contribution in [3.05, 3.63) is 75.7 Å². The van der Waals surface area contributed by atoms with E-state index in [1.54, 1.807) is 24.3 Å². The summed E-state index contributed by atoms with van der Waals surface area (Å²) in [5.41, 5.74) is 3.86. The van der Waals surface area contributed by atoms with Gasteiger partial charge < -0.3 is 17.6 Å². The Labute approximate surface area is 149 Å². The summed E-state index contributed by atoms with van der Waals surface area (Å²) < 4.78 is 33.1. The normalized spacial score (nSPS) is 18.5. The van der Waals surface area contributed by atoms with E-state index in [1.807, 2.05) is 31.2 Å². The molecule has 0 spiro atoms. The van der Waals surface area contributed by atoms with Crippen LogP contribution in [0.25, 0.3) is 5.57 Å². The molecule has 2 nitrogen and oxygen atoms in total. The number of hydrogen-bond acceptors (Lipinski definition) is 0. The quantitative estimate of drug-likeness (QED) is 0.557. The van der Waals surface area contributed by atoms with Crippen LogP contribution < -0.4 is 0 Å². The van der Waals surface area contributed by atoms with Crippen LogP contribution in [0.15, 0.2) is 58.9 Å². The standard InChI is InChI=1S/C16H11BBr2F2N2/c1-10-4-2-3-5-11(10)16-12-6-8-14(18)22(12)17(20,21)23-13(16)7-9-15(23)19/h2-9H,1H3. The van der Waals surface area contributed by atoms with Gasteiger partial charge >= 0.3 is 6.97 Å². The summed E-state index contributed by atoms with van der Waals surface area (Å²) in [6.45, 7) is -1.97. The maximum Gasteiger partial charge on any atom is 0.738 e. The van der Waals surface area contributed by atoms with Crippen LogP contribution in [0.2, 0.25) is 0 Å². The Morgan fingerprint density at radius 2 is 1.78 bits per heavy atom. The summed E-state index contributed by atoms with van der Waals surface area (Å²) in [6, 6.07) is 11.3. The molecule has 4 rings (SSSR count). The highest BCUT2D eigenvalue weighted by atomic mass is 79.9. The van der Waals surface area contributed by atoms with Crippen molar-refractivity contribution in [2.45, 2.75) is 6.92 Å². The lowest BCUT2D eigenvalue weighted by atomic mass is 9.85. The molecule has 0 fully saturated rings. The summed E-state index contributed by atoms with van der Waals surface area (Å²) in [4.78, 5) is 0. The third kappa shape index (κ3) is 1.99. The van der Waals surface area contributed by atoms with E-state index in [0.29, 0.717) is 20.6 Å². The topological polar surface area (TPSA) is 7.94 Å². The number of rotatable bonds is 1. The molecule has 1 aromatic heterocycles. The molecule has 3 heterocycles. The number of fused-ring (bicyclic) bond motifs is 2. The number of halogens is 4. The minimum Gasteiger partial charge on any atom is -0.389 e. The Morgan fingerprint density at radius 3 is 2.52 bits per heavy atom. The van der Waals surface area contributed by atoms with Crippen molar-refractivity contribution in [3.63, 3.8) is 0 Å². The second kappa shape index (κ2) is 5.01. The predicted molar refractivity (Wildman–Crippen MR) is 96.0 cm³/mol. The first-order valence-electron chi connectivity index (χ1n) is 7.12. The average molecular weight is 440 g/mol. The molecule has 0 radical (unpaired) electrons. The minimum absolute atomic E-state index is 0.370. The molecule has 0 aliphatic carbocycles. The van der Waals surface area contributed by atoms with Crippen LogP contribution in [-0.2, 0) is 0 Å². The van der Waals surface area contributed by atoms with E-state index in [-0.39, 0.29) is 0 Å². The van der Waals surface area contributed by atoms with Crippen molar-refractivity contribution in [1.29, 1.82) is 0 Å². The fraction of sp³-hybridized carbons (Fsp3) is 0.0625. The molecule has 0 bridgehead atoms. The molecule has 2 aliphatic heterocycles. The van der Waals surface area contributed by atoms with Gasteiger partial charge in [0, 0.05) is 33.8 Å². The molecule has 0 N–H and O–H groups in total. The van der Waals surface area contributed by atoms with Gasteiger partial charge in [0.15, 0.2) is 5.70 Å². The Hall–Kier alpha value is -1.47. The number of aromatic nitrogens is 1. The zero-order chi connectivity index (χ0) is 16.4. The Morgan fingerprint density at radius 1 is 1.04 bits per heavy atom. The highest BCUT2D eigenvalue weighted by Gasteiger charge is 2.54. The predicted octanol–water partition coefficient (Wildman–Crippen LogP) is 4.93. The molecule has 0 saturated heterocycles. The van der Waals surface area contributed by atoms with Crippen LogP contribution in [0, 0.1) is 6.92 Å². The maximum atomic E-state index is 15.1. The first-order valence-corrected chi connectivity index (χ1v) is 8.71. The van der Waals surface area contributed by atoms with Gasteiger partial charge in [0.1, 0.15) is 0 Å². The van der Waals surface area contributed by atoms with Gasteiger partial charge in [-0.05, 0) is 46.1 Å². The highest BCUT2D eigenvalue weighted by molar-refractivity contribution is 9.18. The molecule has 23 heavy (non-hydrogen) atoms. The van der Waals surface area contributed by atoms with Gasteiger partial charge in [0.05, 0.1) is 10.2 Å². The number of aryl methyl sites for hydroxylation is 1. The van der Waals surface area contributed by atoms with Crippen LogP contribution in [-0.4, -0.2) is 20.6 Å². The van der Waals surface area contributed by atoms with Crippen LogP contribution in [0.1, 0.15) is 16.8 Å². The van der Waals surface area contributed by atoms with Crippen molar-refractivity contribution in [2.75, 3.05) is 0 Å². The molecule has 0 unspecified atom stereocenters. The Bertz CT molecular complexity index is 941.